The molecule has 0 saturated heterocycles. The smallest absolute Gasteiger partial charge is 0.306 e. The summed E-state index contributed by atoms with van der Waals surface area (Å²) in [5.41, 5.74) is 0. The van der Waals surface area contributed by atoms with E-state index in [4.69, 9.17) is 14.2 Å². The van der Waals surface area contributed by atoms with Crippen molar-refractivity contribution >= 4 is 17.9 Å². The van der Waals surface area contributed by atoms with Crippen molar-refractivity contribution in [2.75, 3.05) is 13.2 Å². The first kappa shape index (κ1) is 61.1. The SMILES string of the molecule is CCC=CCC=CCC=CCC=CCC=CCCCC(=O)OC[C@@H](COC(=O)CCCCCCCC=CCC=CCCCCC)OC(=O)CCCCCCCC=CCC=CCCCCC. The number of esters is 3. The Balaban J connectivity index is 4.54. The molecule has 0 aromatic carbocycles. The van der Waals surface area contributed by atoms with Crippen LogP contribution in [0, 0.1) is 0 Å². The summed E-state index contributed by atoms with van der Waals surface area (Å²) >= 11 is 0. The minimum atomic E-state index is -0.816. The van der Waals surface area contributed by atoms with Gasteiger partial charge in [0.05, 0.1) is 0 Å². The van der Waals surface area contributed by atoms with Gasteiger partial charge in [0.15, 0.2) is 6.10 Å². The first-order valence-electron chi connectivity index (χ1n) is 26.4. The molecule has 1 atom stereocenters. The van der Waals surface area contributed by atoms with E-state index in [1.165, 1.54) is 51.4 Å². The molecule has 0 aromatic heterocycles. The van der Waals surface area contributed by atoms with Crippen LogP contribution < -0.4 is 0 Å². The molecule has 0 aliphatic carbocycles. The van der Waals surface area contributed by atoms with Crippen molar-refractivity contribution in [3.63, 3.8) is 0 Å². The van der Waals surface area contributed by atoms with Crippen molar-refractivity contribution in [1.29, 1.82) is 0 Å². The molecule has 0 aliphatic rings. The molecule has 6 heteroatoms. The summed E-state index contributed by atoms with van der Waals surface area (Å²) in [5, 5.41) is 0. The van der Waals surface area contributed by atoms with Crippen molar-refractivity contribution in [3.8, 4) is 0 Å². The Kier molecular flexibility index (Phi) is 49.5. The van der Waals surface area contributed by atoms with Gasteiger partial charge in [-0.3, -0.25) is 14.4 Å². The average molecular weight is 901 g/mol. The third kappa shape index (κ3) is 50.9. The summed E-state index contributed by atoms with van der Waals surface area (Å²) in [5.74, 6) is -1.00. The Hall–Kier alpha value is -3.93. The van der Waals surface area contributed by atoms with E-state index in [0.29, 0.717) is 19.3 Å². The van der Waals surface area contributed by atoms with Crippen LogP contribution in [-0.2, 0) is 28.6 Å². The molecule has 0 radical (unpaired) electrons. The van der Waals surface area contributed by atoms with Gasteiger partial charge in [0, 0.05) is 19.3 Å². The van der Waals surface area contributed by atoms with E-state index in [-0.39, 0.29) is 37.5 Å². The quantitative estimate of drug-likeness (QED) is 0.0262. The van der Waals surface area contributed by atoms with Gasteiger partial charge in [-0.25, -0.2) is 0 Å². The molecule has 0 unspecified atom stereocenters. The molecule has 0 amide bonds. The van der Waals surface area contributed by atoms with Crippen LogP contribution in [0.4, 0.5) is 0 Å². The van der Waals surface area contributed by atoms with Gasteiger partial charge in [-0.2, -0.15) is 0 Å². The summed E-state index contributed by atoms with van der Waals surface area (Å²) < 4.78 is 16.7. The lowest BCUT2D eigenvalue weighted by atomic mass is 10.1. The zero-order valence-electron chi connectivity index (χ0n) is 42.0. The monoisotopic (exact) mass is 901 g/mol. The molecule has 0 heterocycles. The van der Waals surface area contributed by atoms with Crippen LogP contribution in [0.3, 0.4) is 0 Å². The second-order valence-corrected chi connectivity index (χ2v) is 17.0. The van der Waals surface area contributed by atoms with E-state index < -0.39 is 6.10 Å². The van der Waals surface area contributed by atoms with E-state index in [0.717, 1.165) is 128 Å². The van der Waals surface area contributed by atoms with Crippen LogP contribution in [0.1, 0.15) is 226 Å². The molecule has 0 saturated carbocycles. The topological polar surface area (TPSA) is 78.9 Å². The second kappa shape index (κ2) is 52.7. The summed E-state index contributed by atoms with van der Waals surface area (Å²) in [4.78, 5) is 38.0. The fraction of sp³-hybridized carbons (Fsp3) is 0.644. The van der Waals surface area contributed by atoms with Gasteiger partial charge in [-0.05, 0) is 122 Å². The predicted octanol–water partition coefficient (Wildman–Crippen LogP) is 17.5. The van der Waals surface area contributed by atoms with Gasteiger partial charge in [-0.15, -0.1) is 0 Å². The van der Waals surface area contributed by atoms with E-state index in [9.17, 15) is 14.4 Å². The van der Waals surface area contributed by atoms with Gasteiger partial charge in [0.2, 0.25) is 0 Å². The average Bonchev–Trinajstić information content (AvgIpc) is 3.30. The van der Waals surface area contributed by atoms with Gasteiger partial charge in [0.1, 0.15) is 13.2 Å². The Morgan fingerprint density at radius 3 is 1.00 bits per heavy atom. The number of ether oxygens (including phenoxy) is 3. The minimum absolute atomic E-state index is 0.111. The largest absolute Gasteiger partial charge is 0.462 e. The minimum Gasteiger partial charge on any atom is -0.462 e. The van der Waals surface area contributed by atoms with Gasteiger partial charge >= 0.3 is 17.9 Å². The lowest BCUT2D eigenvalue weighted by Gasteiger charge is -2.18. The Labute approximate surface area is 400 Å². The highest BCUT2D eigenvalue weighted by Crippen LogP contribution is 2.12. The third-order valence-corrected chi connectivity index (χ3v) is 10.7. The van der Waals surface area contributed by atoms with Crippen molar-refractivity contribution in [1.82, 2.24) is 0 Å². The van der Waals surface area contributed by atoms with Gasteiger partial charge in [-0.1, -0.05) is 194 Å². The first-order chi connectivity index (χ1) is 32.0. The van der Waals surface area contributed by atoms with E-state index in [2.05, 4.69) is 130 Å². The van der Waals surface area contributed by atoms with E-state index >= 15 is 0 Å². The van der Waals surface area contributed by atoms with Crippen LogP contribution in [-0.4, -0.2) is 37.2 Å². The summed E-state index contributed by atoms with van der Waals surface area (Å²) in [7, 11) is 0. The molecule has 0 bridgehead atoms. The van der Waals surface area contributed by atoms with Crippen molar-refractivity contribution in [3.05, 3.63) is 109 Å². The number of allylic oxidation sites excluding steroid dienone is 18. The summed E-state index contributed by atoms with van der Waals surface area (Å²) in [6, 6.07) is 0. The molecular weight excluding hydrogens is 805 g/mol. The molecule has 65 heavy (non-hydrogen) atoms. The lowest BCUT2D eigenvalue weighted by Crippen LogP contribution is -2.30. The standard InChI is InChI=1S/C59H96O6/c1-4-7-10-13-16-19-22-25-28-29-32-34-37-40-43-46-49-52-58(61)64-55-56(65-59(62)53-50-47-44-41-38-35-31-27-24-21-18-15-12-9-6-3)54-63-57(60)51-48-45-42-39-36-33-30-26-23-20-17-14-11-8-5-2/h7,10,16-21,25-28,30-32,34,40,43,56H,4-6,8-9,11-15,22-24,29,33,35-39,41-42,44-55H2,1-3H3/t56-/m1/s1. The van der Waals surface area contributed by atoms with Crippen molar-refractivity contribution < 1.29 is 28.6 Å². The van der Waals surface area contributed by atoms with Crippen molar-refractivity contribution in [2.45, 2.75) is 232 Å². The zero-order valence-corrected chi connectivity index (χ0v) is 42.0. The molecule has 368 valence electrons. The number of rotatable bonds is 46. The lowest BCUT2D eigenvalue weighted by molar-refractivity contribution is -0.167. The number of unbranched alkanes of at least 4 members (excludes halogenated alkanes) is 17. The van der Waals surface area contributed by atoms with Crippen LogP contribution in [0.25, 0.3) is 0 Å². The maximum absolute atomic E-state index is 12.8. The highest BCUT2D eigenvalue weighted by atomic mass is 16.6. The molecule has 0 aliphatic heterocycles. The summed E-state index contributed by atoms with van der Waals surface area (Å²) in [6.45, 7) is 6.39. The maximum atomic E-state index is 12.8. The number of carbonyl (C=O) groups excluding carboxylic acids is 3. The fourth-order valence-electron chi connectivity index (χ4n) is 6.77. The highest BCUT2D eigenvalue weighted by Gasteiger charge is 2.19. The van der Waals surface area contributed by atoms with Crippen molar-refractivity contribution in [2.24, 2.45) is 0 Å². The van der Waals surface area contributed by atoms with E-state index in [1.807, 2.05) is 0 Å². The van der Waals surface area contributed by atoms with Crippen LogP contribution in [0.2, 0.25) is 0 Å². The van der Waals surface area contributed by atoms with E-state index in [1.54, 1.807) is 0 Å². The Bertz CT molecular complexity index is 1360. The molecule has 0 aromatic rings. The van der Waals surface area contributed by atoms with Crippen LogP contribution >= 0.6 is 0 Å². The Morgan fingerprint density at radius 2 is 0.615 bits per heavy atom. The molecule has 0 N–H and O–H groups in total. The molecule has 0 rings (SSSR count). The first-order valence-corrected chi connectivity index (χ1v) is 26.4. The number of carbonyl (C=O) groups is 3. The Morgan fingerprint density at radius 1 is 0.323 bits per heavy atom. The van der Waals surface area contributed by atoms with Gasteiger partial charge in [0.25, 0.3) is 0 Å². The maximum Gasteiger partial charge on any atom is 0.306 e. The van der Waals surface area contributed by atoms with Gasteiger partial charge < -0.3 is 14.2 Å². The fourth-order valence-corrected chi connectivity index (χ4v) is 6.77. The predicted molar refractivity (Wildman–Crippen MR) is 279 cm³/mol. The molecule has 6 nitrogen and oxygen atoms in total. The molecular formula is C59H96O6. The highest BCUT2D eigenvalue weighted by molar-refractivity contribution is 5.71. The molecule has 0 spiro atoms. The van der Waals surface area contributed by atoms with Crippen LogP contribution in [0.5, 0.6) is 0 Å². The summed E-state index contributed by atoms with van der Waals surface area (Å²) in [6.07, 6.45) is 70.7. The second-order valence-electron chi connectivity index (χ2n) is 17.0. The molecule has 0 fully saturated rings. The normalized spacial score (nSPS) is 13.0. The third-order valence-electron chi connectivity index (χ3n) is 10.7. The number of hydrogen-bond acceptors (Lipinski definition) is 6. The number of hydrogen-bond donors (Lipinski definition) is 0. The van der Waals surface area contributed by atoms with Crippen LogP contribution in [0.15, 0.2) is 109 Å². The zero-order chi connectivity index (χ0) is 47.2.